The van der Waals surface area contributed by atoms with Crippen molar-refractivity contribution in [3.63, 3.8) is 0 Å². The van der Waals surface area contributed by atoms with Crippen molar-refractivity contribution in [3.8, 4) is 0 Å². The number of rotatable bonds is 9. The molecule has 0 saturated heterocycles. The monoisotopic (exact) mass is 264 g/mol. The highest BCUT2D eigenvalue weighted by Gasteiger charge is 1.98. The molecule has 4 nitrogen and oxygen atoms in total. The Morgan fingerprint density at radius 2 is 1.94 bits per heavy atom. The largest absolute Gasteiger partial charge is 0.411 e. The molecule has 1 N–H and O–H groups in total. The third-order valence-corrected chi connectivity index (χ3v) is 3.28. The van der Waals surface area contributed by atoms with Gasteiger partial charge in [-0.25, -0.2) is 0 Å². The SMILES string of the molecule is CCCCSON=C(C=NO)SCCCC. The topological polar surface area (TPSA) is 54.2 Å². The first-order valence-corrected chi connectivity index (χ1v) is 7.41. The first kappa shape index (κ1) is 15.6. The van der Waals surface area contributed by atoms with E-state index in [1.54, 1.807) is 0 Å². The van der Waals surface area contributed by atoms with Crippen molar-refractivity contribution < 1.29 is 9.49 Å². The van der Waals surface area contributed by atoms with Crippen molar-refractivity contribution in [2.75, 3.05) is 11.5 Å². The Hall–Kier alpha value is -0.360. The number of oxime groups is 2. The smallest absolute Gasteiger partial charge is 0.159 e. The first-order chi connectivity index (χ1) is 7.85. The fourth-order valence-electron chi connectivity index (χ4n) is 0.761. The molecule has 0 fully saturated rings. The van der Waals surface area contributed by atoms with E-state index in [2.05, 4.69) is 24.2 Å². The molecule has 0 bridgehead atoms. The standard InChI is InChI=1S/C10H20N2O2S2/c1-3-5-7-15-10(9-11-13)12-14-16-8-6-4-2/h9,13H,3-8H2,1-2H3. The first-order valence-electron chi connectivity index (χ1n) is 5.52. The molecular weight excluding hydrogens is 244 g/mol. The molecule has 6 heteroatoms. The van der Waals surface area contributed by atoms with Crippen LogP contribution in [-0.2, 0) is 4.28 Å². The van der Waals surface area contributed by atoms with E-state index in [0.29, 0.717) is 5.04 Å². The van der Waals surface area contributed by atoms with E-state index < -0.39 is 0 Å². The van der Waals surface area contributed by atoms with Gasteiger partial charge in [0.2, 0.25) is 0 Å². The van der Waals surface area contributed by atoms with Gasteiger partial charge in [0, 0.05) is 5.75 Å². The van der Waals surface area contributed by atoms with Crippen molar-refractivity contribution in [2.45, 2.75) is 39.5 Å². The van der Waals surface area contributed by atoms with Crippen LogP contribution in [0.25, 0.3) is 0 Å². The van der Waals surface area contributed by atoms with E-state index in [1.807, 2.05) is 0 Å². The Morgan fingerprint density at radius 3 is 2.56 bits per heavy atom. The number of hydrogen-bond donors (Lipinski definition) is 1. The molecule has 16 heavy (non-hydrogen) atoms. The van der Waals surface area contributed by atoms with Gasteiger partial charge in [-0.2, -0.15) is 0 Å². The van der Waals surface area contributed by atoms with E-state index in [4.69, 9.17) is 9.49 Å². The third-order valence-electron chi connectivity index (χ3n) is 1.68. The lowest BCUT2D eigenvalue weighted by Crippen LogP contribution is -1.96. The lowest BCUT2D eigenvalue weighted by Gasteiger charge is -1.99. The van der Waals surface area contributed by atoms with E-state index >= 15 is 0 Å². The van der Waals surface area contributed by atoms with E-state index in [9.17, 15) is 0 Å². The molecule has 94 valence electrons. The van der Waals surface area contributed by atoms with Crippen molar-refractivity contribution in [2.24, 2.45) is 10.3 Å². The summed E-state index contributed by atoms with van der Waals surface area (Å²) >= 11 is 2.86. The van der Waals surface area contributed by atoms with Gasteiger partial charge >= 0.3 is 0 Å². The van der Waals surface area contributed by atoms with Gasteiger partial charge in [-0.05, 0) is 18.6 Å². The van der Waals surface area contributed by atoms with Gasteiger partial charge in [0.15, 0.2) is 5.04 Å². The van der Waals surface area contributed by atoms with Crippen molar-refractivity contribution >= 4 is 35.1 Å². The summed E-state index contributed by atoms with van der Waals surface area (Å²) in [6.07, 6.45) is 5.83. The van der Waals surface area contributed by atoms with Gasteiger partial charge in [0.25, 0.3) is 0 Å². The second-order valence-corrected chi connectivity index (χ2v) is 5.03. The van der Waals surface area contributed by atoms with Gasteiger partial charge in [0.05, 0.1) is 12.0 Å². The molecule has 0 unspecified atom stereocenters. The molecule has 0 rings (SSSR count). The summed E-state index contributed by atoms with van der Waals surface area (Å²) < 4.78 is 5.06. The molecule has 0 aromatic rings. The lowest BCUT2D eigenvalue weighted by atomic mass is 10.4. The zero-order valence-corrected chi connectivity index (χ0v) is 11.5. The van der Waals surface area contributed by atoms with Crippen molar-refractivity contribution in [3.05, 3.63) is 0 Å². The van der Waals surface area contributed by atoms with Crippen LogP contribution in [0, 0.1) is 0 Å². The fourth-order valence-corrected chi connectivity index (χ4v) is 2.28. The fraction of sp³-hybridized carbons (Fsp3) is 0.800. The Labute approximate surface area is 106 Å². The lowest BCUT2D eigenvalue weighted by molar-refractivity contribution is 0.322. The summed E-state index contributed by atoms with van der Waals surface area (Å²) in [6, 6.07) is 0. The zero-order chi connectivity index (χ0) is 12.1. The highest BCUT2D eigenvalue weighted by molar-refractivity contribution is 8.15. The molecule has 0 aliphatic heterocycles. The molecule has 0 aliphatic carbocycles. The summed E-state index contributed by atoms with van der Waals surface area (Å²) in [5.74, 6) is 1.90. The van der Waals surface area contributed by atoms with Crippen molar-refractivity contribution in [1.82, 2.24) is 0 Å². The average molecular weight is 264 g/mol. The van der Waals surface area contributed by atoms with E-state index in [1.165, 1.54) is 30.0 Å². The predicted octanol–water partition coefficient (Wildman–Crippen LogP) is 3.76. The average Bonchev–Trinajstić information content (AvgIpc) is 2.29. The molecule has 0 aliphatic rings. The summed E-state index contributed by atoms with van der Waals surface area (Å²) in [4.78, 5) is 0. The van der Waals surface area contributed by atoms with Gasteiger partial charge in [-0.3, -0.25) is 0 Å². The van der Waals surface area contributed by atoms with Crippen LogP contribution in [0.2, 0.25) is 0 Å². The van der Waals surface area contributed by atoms with Crippen LogP contribution < -0.4 is 0 Å². The third kappa shape index (κ3) is 10.2. The molecular formula is C10H20N2O2S2. The quantitative estimate of drug-likeness (QED) is 0.172. The number of unbranched alkanes of at least 4 members (excludes halogenated alkanes) is 2. The summed E-state index contributed by atoms with van der Waals surface area (Å²) in [5.41, 5.74) is 0. The Kier molecular flexibility index (Phi) is 12.4. The molecule has 0 aromatic heterocycles. The molecule has 0 saturated carbocycles. The molecule has 0 atom stereocenters. The predicted molar refractivity (Wildman–Crippen MR) is 73.5 cm³/mol. The number of nitrogens with zero attached hydrogens (tertiary/aromatic N) is 2. The molecule has 0 heterocycles. The molecule has 0 amide bonds. The van der Waals surface area contributed by atoms with Gasteiger partial charge < -0.3 is 9.49 Å². The second kappa shape index (κ2) is 12.7. The van der Waals surface area contributed by atoms with Gasteiger partial charge in [0.1, 0.15) is 6.21 Å². The van der Waals surface area contributed by atoms with Crippen LogP contribution >= 0.6 is 23.8 Å². The minimum Gasteiger partial charge on any atom is -0.411 e. The van der Waals surface area contributed by atoms with Crippen LogP contribution in [-0.4, -0.2) is 28.0 Å². The molecule has 0 radical (unpaired) electrons. The summed E-state index contributed by atoms with van der Waals surface area (Å²) in [5, 5.41) is 15.9. The number of thioether (sulfide) groups is 1. The van der Waals surface area contributed by atoms with Gasteiger partial charge in [-0.15, -0.1) is 11.8 Å². The second-order valence-electron chi connectivity index (χ2n) is 3.13. The van der Waals surface area contributed by atoms with E-state index in [-0.39, 0.29) is 0 Å². The van der Waals surface area contributed by atoms with Crippen LogP contribution in [0.1, 0.15) is 39.5 Å². The van der Waals surface area contributed by atoms with Crippen LogP contribution in [0.3, 0.4) is 0 Å². The summed E-state index contributed by atoms with van der Waals surface area (Å²) in [7, 11) is 0. The van der Waals surface area contributed by atoms with Gasteiger partial charge in [-0.1, -0.05) is 37.0 Å². The maximum absolute atomic E-state index is 8.45. The normalized spacial score (nSPS) is 12.2. The molecule has 0 aromatic carbocycles. The van der Waals surface area contributed by atoms with Crippen LogP contribution in [0.4, 0.5) is 0 Å². The van der Waals surface area contributed by atoms with Crippen LogP contribution in [0.15, 0.2) is 10.3 Å². The zero-order valence-electron chi connectivity index (χ0n) is 9.89. The summed E-state index contributed by atoms with van der Waals surface area (Å²) in [6.45, 7) is 4.27. The highest BCUT2D eigenvalue weighted by Crippen LogP contribution is 2.11. The maximum atomic E-state index is 8.45. The maximum Gasteiger partial charge on any atom is 0.159 e. The minimum atomic E-state index is 0.611. The van der Waals surface area contributed by atoms with E-state index in [0.717, 1.165) is 37.2 Å². The Bertz CT molecular complexity index is 211. The Morgan fingerprint density at radius 1 is 1.25 bits per heavy atom. The highest BCUT2D eigenvalue weighted by atomic mass is 32.2. The van der Waals surface area contributed by atoms with Crippen LogP contribution in [0.5, 0.6) is 0 Å². The Balaban J connectivity index is 3.75. The van der Waals surface area contributed by atoms with Crippen molar-refractivity contribution in [1.29, 1.82) is 0 Å². The minimum absolute atomic E-state index is 0.611. The molecule has 0 spiro atoms. The number of hydrogen-bond acceptors (Lipinski definition) is 6.